The summed E-state index contributed by atoms with van der Waals surface area (Å²) in [6, 6.07) is 18.9. The maximum atomic E-state index is 12.5. The highest BCUT2D eigenvalue weighted by atomic mass is 35.5. The second kappa shape index (κ2) is 8.63. The molecule has 0 amide bonds. The monoisotopic (exact) mass is 423 g/mol. The number of hydrogen-bond donors (Lipinski definition) is 0. The molecule has 0 aliphatic heterocycles. The quantitative estimate of drug-likeness (QED) is 0.428. The van der Waals surface area contributed by atoms with E-state index in [0.29, 0.717) is 17.4 Å². The smallest absolute Gasteiger partial charge is 0.211 e. The molecule has 8 heteroatoms. The minimum absolute atomic E-state index is 0.187. The summed E-state index contributed by atoms with van der Waals surface area (Å²) >= 11 is 7.51. The summed E-state index contributed by atoms with van der Waals surface area (Å²) < 4.78 is 3.59. The van der Waals surface area contributed by atoms with Crippen molar-refractivity contribution >= 4 is 23.4 Å². The number of benzene rings is 2. The van der Waals surface area contributed by atoms with Gasteiger partial charge in [0, 0.05) is 29.6 Å². The number of para-hydroxylation sites is 1. The third-order valence-electron chi connectivity index (χ3n) is 4.36. The first-order chi connectivity index (χ1) is 14.2. The second-order valence-electron chi connectivity index (χ2n) is 6.27. The fourth-order valence-electron chi connectivity index (χ4n) is 2.87. The third-order valence-corrected chi connectivity index (χ3v) is 5.64. The molecule has 0 aliphatic rings. The first kappa shape index (κ1) is 19.4. The Hall–Kier alpha value is -2.90. The van der Waals surface area contributed by atoms with Gasteiger partial charge in [-0.25, -0.2) is 4.68 Å². The second-order valence-corrected chi connectivity index (χ2v) is 7.65. The van der Waals surface area contributed by atoms with Crippen LogP contribution in [0.1, 0.15) is 12.5 Å². The number of halogens is 1. The Labute approximate surface area is 177 Å². The van der Waals surface area contributed by atoms with Crippen LogP contribution in [0.5, 0.6) is 0 Å². The van der Waals surface area contributed by atoms with Gasteiger partial charge in [0.15, 0.2) is 16.7 Å². The Morgan fingerprint density at radius 3 is 2.48 bits per heavy atom. The number of aromatic nitrogens is 5. The zero-order valence-corrected chi connectivity index (χ0v) is 17.3. The van der Waals surface area contributed by atoms with Crippen LogP contribution < -0.4 is 5.43 Å². The van der Waals surface area contributed by atoms with Crippen molar-refractivity contribution in [1.29, 1.82) is 0 Å². The Kier molecular flexibility index (Phi) is 5.78. The topological polar surface area (TPSA) is 65.6 Å². The van der Waals surface area contributed by atoms with Crippen molar-refractivity contribution in [3.63, 3.8) is 0 Å². The molecule has 0 aliphatic carbocycles. The van der Waals surface area contributed by atoms with Crippen LogP contribution in [0, 0.1) is 0 Å². The molecule has 2 aromatic carbocycles. The Morgan fingerprint density at radius 2 is 1.76 bits per heavy atom. The number of hydrogen-bond acceptors (Lipinski definition) is 5. The average Bonchev–Trinajstić information content (AvgIpc) is 3.17. The minimum atomic E-state index is -0.187. The summed E-state index contributed by atoms with van der Waals surface area (Å²) in [6.07, 6.45) is 1.66. The average molecular weight is 424 g/mol. The van der Waals surface area contributed by atoms with E-state index in [1.54, 1.807) is 22.6 Å². The van der Waals surface area contributed by atoms with E-state index >= 15 is 0 Å². The van der Waals surface area contributed by atoms with Gasteiger partial charge >= 0.3 is 0 Å². The first-order valence-electron chi connectivity index (χ1n) is 9.12. The van der Waals surface area contributed by atoms with Gasteiger partial charge in [-0.3, -0.25) is 4.79 Å². The van der Waals surface area contributed by atoms with Crippen LogP contribution in [-0.2, 0) is 12.3 Å². The van der Waals surface area contributed by atoms with E-state index in [-0.39, 0.29) is 11.1 Å². The fraction of sp³-hybridized carbons (Fsp3) is 0.143. The molecule has 0 saturated carbocycles. The van der Waals surface area contributed by atoms with E-state index in [1.807, 2.05) is 66.1 Å². The summed E-state index contributed by atoms with van der Waals surface area (Å²) in [5.74, 6) is 1.20. The van der Waals surface area contributed by atoms with Crippen LogP contribution in [0.4, 0.5) is 0 Å². The molecule has 0 saturated heterocycles. The highest BCUT2D eigenvalue weighted by Gasteiger charge is 2.18. The predicted molar refractivity (Wildman–Crippen MR) is 116 cm³/mol. The molecule has 0 N–H and O–H groups in total. The van der Waals surface area contributed by atoms with Crippen molar-refractivity contribution in [3.8, 4) is 17.2 Å². The first-order valence-corrected chi connectivity index (χ1v) is 10.5. The Balaban J connectivity index is 1.65. The normalized spacial score (nSPS) is 11.0. The van der Waals surface area contributed by atoms with E-state index in [2.05, 4.69) is 15.3 Å². The lowest BCUT2D eigenvalue weighted by molar-refractivity contribution is 0.682. The van der Waals surface area contributed by atoms with E-state index in [1.165, 1.54) is 6.07 Å². The molecule has 4 rings (SSSR count). The lowest BCUT2D eigenvalue weighted by atomic mass is 10.2. The van der Waals surface area contributed by atoms with Crippen LogP contribution in [0.2, 0.25) is 5.02 Å². The van der Waals surface area contributed by atoms with Crippen molar-refractivity contribution in [1.82, 2.24) is 24.5 Å². The van der Waals surface area contributed by atoms with Gasteiger partial charge in [-0.2, -0.15) is 5.10 Å². The zero-order valence-electron chi connectivity index (χ0n) is 15.7. The molecule has 146 valence electrons. The van der Waals surface area contributed by atoms with Crippen molar-refractivity contribution in [2.75, 3.05) is 0 Å². The van der Waals surface area contributed by atoms with E-state index < -0.39 is 0 Å². The molecular weight excluding hydrogens is 406 g/mol. The van der Waals surface area contributed by atoms with Gasteiger partial charge in [-0.1, -0.05) is 53.7 Å². The lowest BCUT2D eigenvalue weighted by Crippen LogP contribution is -2.15. The van der Waals surface area contributed by atoms with Crippen molar-refractivity contribution < 1.29 is 0 Å². The molecule has 0 spiro atoms. The summed E-state index contributed by atoms with van der Waals surface area (Å²) in [6.45, 7) is 2.63. The maximum Gasteiger partial charge on any atom is 0.211 e. The Bertz CT molecular complexity index is 1170. The molecule has 0 atom stereocenters. The third kappa shape index (κ3) is 4.26. The van der Waals surface area contributed by atoms with Gasteiger partial charge < -0.3 is 4.57 Å². The van der Waals surface area contributed by atoms with E-state index in [9.17, 15) is 4.79 Å². The molecule has 4 aromatic rings. The molecule has 0 fully saturated rings. The van der Waals surface area contributed by atoms with Crippen LogP contribution in [0.15, 0.2) is 76.8 Å². The van der Waals surface area contributed by atoms with Crippen LogP contribution >= 0.6 is 23.4 Å². The van der Waals surface area contributed by atoms with Gasteiger partial charge in [0.05, 0.1) is 5.69 Å². The van der Waals surface area contributed by atoms with Gasteiger partial charge in [0.25, 0.3) is 0 Å². The molecule has 6 nitrogen and oxygen atoms in total. The highest BCUT2D eigenvalue weighted by Crippen LogP contribution is 2.25. The lowest BCUT2D eigenvalue weighted by Gasteiger charge is -2.09. The molecular formula is C21H18ClN5OS. The van der Waals surface area contributed by atoms with Gasteiger partial charge in [-0.05, 0) is 36.8 Å². The molecule has 0 radical (unpaired) electrons. The van der Waals surface area contributed by atoms with Crippen LogP contribution in [0.25, 0.3) is 17.2 Å². The van der Waals surface area contributed by atoms with Crippen molar-refractivity contribution in [2.45, 2.75) is 24.4 Å². The molecule has 2 aromatic heterocycles. The highest BCUT2D eigenvalue weighted by molar-refractivity contribution is 7.98. The van der Waals surface area contributed by atoms with E-state index in [0.717, 1.165) is 22.2 Å². The number of nitrogens with zero attached hydrogens (tertiary/aromatic N) is 5. The van der Waals surface area contributed by atoms with Crippen LogP contribution in [-0.4, -0.2) is 24.5 Å². The van der Waals surface area contributed by atoms with Gasteiger partial charge in [0.1, 0.15) is 0 Å². The predicted octanol–water partition coefficient (Wildman–Crippen LogP) is 4.46. The Morgan fingerprint density at radius 1 is 1.00 bits per heavy atom. The van der Waals surface area contributed by atoms with Crippen molar-refractivity contribution in [2.24, 2.45) is 0 Å². The minimum Gasteiger partial charge on any atom is -0.301 e. The molecule has 0 unspecified atom stereocenters. The summed E-state index contributed by atoms with van der Waals surface area (Å²) in [5, 5.41) is 14.6. The van der Waals surface area contributed by atoms with E-state index in [4.69, 9.17) is 11.6 Å². The van der Waals surface area contributed by atoms with Gasteiger partial charge in [-0.15, -0.1) is 10.2 Å². The molecule has 0 bridgehead atoms. The summed E-state index contributed by atoms with van der Waals surface area (Å²) in [7, 11) is 0. The number of thioether (sulfide) groups is 1. The zero-order chi connectivity index (χ0) is 20.2. The van der Waals surface area contributed by atoms with Crippen molar-refractivity contribution in [3.05, 3.63) is 87.7 Å². The summed E-state index contributed by atoms with van der Waals surface area (Å²) in [4.78, 5) is 12.5. The molecule has 29 heavy (non-hydrogen) atoms. The number of rotatable bonds is 6. The standard InChI is InChI=1S/C21H18ClN5OS/c1-2-26-20(23-24-21(26)29-14-15-8-10-16(22)11-9-15)19-18(28)12-13-27(25-19)17-6-4-3-5-7-17/h3-13H,2,14H2,1H3. The van der Waals surface area contributed by atoms with Crippen LogP contribution in [0.3, 0.4) is 0 Å². The summed E-state index contributed by atoms with van der Waals surface area (Å²) in [5.41, 5.74) is 2.10. The van der Waals surface area contributed by atoms with Gasteiger partial charge in [0.2, 0.25) is 5.43 Å². The largest absolute Gasteiger partial charge is 0.301 e. The molecule has 2 heterocycles. The maximum absolute atomic E-state index is 12.5. The fourth-order valence-corrected chi connectivity index (χ4v) is 3.96. The SMILES string of the molecule is CCn1c(SCc2ccc(Cl)cc2)nnc1-c1nn(-c2ccccc2)ccc1=O.